The van der Waals surface area contributed by atoms with Crippen LogP contribution in [-0.4, -0.2) is 43.6 Å². The summed E-state index contributed by atoms with van der Waals surface area (Å²) in [5.41, 5.74) is 0.863. The molecule has 0 saturated carbocycles. The number of rotatable bonds is 6. The lowest BCUT2D eigenvalue weighted by atomic mass is 10.2. The van der Waals surface area contributed by atoms with Crippen LogP contribution in [-0.2, 0) is 18.4 Å². The van der Waals surface area contributed by atoms with E-state index in [0.29, 0.717) is 19.1 Å². The van der Waals surface area contributed by atoms with Gasteiger partial charge in [-0.2, -0.15) is 0 Å². The molecule has 0 aliphatic rings. The van der Waals surface area contributed by atoms with Gasteiger partial charge in [0.2, 0.25) is 0 Å². The molecule has 6 heteroatoms. The van der Waals surface area contributed by atoms with E-state index in [4.69, 9.17) is 5.11 Å². The zero-order chi connectivity index (χ0) is 12.1. The van der Waals surface area contributed by atoms with Gasteiger partial charge in [-0.3, -0.25) is 14.4 Å². The highest BCUT2D eigenvalue weighted by Gasteiger charge is 2.13. The SMILES string of the molecule is CC(C)N(CCC(=O)O)Cc1cn(C)nn1. The van der Waals surface area contributed by atoms with E-state index in [0.717, 1.165) is 5.69 Å². The van der Waals surface area contributed by atoms with Crippen molar-refractivity contribution in [3.8, 4) is 0 Å². The van der Waals surface area contributed by atoms with E-state index in [1.165, 1.54) is 0 Å². The Morgan fingerprint density at radius 3 is 2.75 bits per heavy atom. The topological polar surface area (TPSA) is 71.2 Å². The van der Waals surface area contributed by atoms with Gasteiger partial charge in [-0.1, -0.05) is 5.21 Å². The zero-order valence-electron chi connectivity index (χ0n) is 9.92. The van der Waals surface area contributed by atoms with Crippen LogP contribution in [0, 0.1) is 0 Å². The summed E-state index contributed by atoms with van der Waals surface area (Å²) in [4.78, 5) is 12.6. The first-order valence-corrected chi connectivity index (χ1v) is 5.30. The van der Waals surface area contributed by atoms with Crippen LogP contribution in [0.25, 0.3) is 0 Å². The average molecular weight is 226 g/mol. The van der Waals surface area contributed by atoms with Crippen LogP contribution in [0.3, 0.4) is 0 Å². The van der Waals surface area contributed by atoms with Crippen LogP contribution < -0.4 is 0 Å². The molecule has 0 bridgehead atoms. The van der Waals surface area contributed by atoms with E-state index < -0.39 is 5.97 Å². The molecule has 90 valence electrons. The smallest absolute Gasteiger partial charge is 0.304 e. The Balaban J connectivity index is 2.54. The standard InChI is InChI=1S/C10H18N4O2/c1-8(2)14(5-4-10(15)16)7-9-6-13(3)12-11-9/h6,8H,4-5,7H2,1-3H3,(H,15,16). The molecule has 16 heavy (non-hydrogen) atoms. The minimum absolute atomic E-state index is 0.151. The maximum atomic E-state index is 10.5. The van der Waals surface area contributed by atoms with E-state index in [1.54, 1.807) is 4.68 Å². The Labute approximate surface area is 94.9 Å². The van der Waals surface area contributed by atoms with Gasteiger partial charge in [0.25, 0.3) is 0 Å². The molecule has 1 N–H and O–H groups in total. The summed E-state index contributed by atoms with van der Waals surface area (Å²) in [6, 6.07) is 0.293. The molecule has 0 amide bonds. The van der Waals surface area contributed by atoms with Gasteiger partial charge in [0.15, 0.2) is 0 Å². The Bertz CT molecular complexity index is 348. The van der Waals surface area contributed by atoms with Crippen LogP contribution in [0.5, 0.6) is 0 Å². The van der Waals surface area contributed by atoms with Crippen molar-refractivity contribution in [1.29, 1.82) is 0 Å². The minimum atomic E-state index is -0.773. The fraction of sp³-hybridized carbons (Fsp3) is 0.700. The fourth-order valence-electron chi connectivity index (χ4n) is 1.43. The highest BCUT2D eigenvalue weighted by Crippen LogP contribution is 2.06. The van der Waals surface area contributed by atoms with Gasteiger partial charge >= 0.3 is 5.97 Å². The molecule has 6 nitrogen and oxygen atoms in total. The number of aliphatic carboxylic acids is 1. The van der Waals surface area contributed by atoms with Gasteiger partial charge in [-0.15, -0.1) is 5.10 Å². The molecular weight excluding hydrogens is 208 g/mol. The van der Waals surface area contributed by atoms with Gasteiger partial charge in [-0.05, 0) is 13.8 Å². The highest BCUT2D eigenvalue weighted by molar-refractivity contribution is 5.66. The molecule has 0 aliphatic carbocycles. The normalized spacial score (nSPS) is 11.3. The number of hydrogen-bond donors (Lipinski definition) is 1. The summed E-state index contributed by atoms with van der Waals surface area (Å²) in [5.74, 6) is -0.773. The maximum absolute atomic E-state index is 10.5. The third-order valence-corrected chi connectivity index (χ3v) is 2.36. The molecule has 1 aromatic heterocycles. The Morgan fingerprint density at radius 2 is 2.31 bits per heavy atom. The van der Waals surface area contributed by atoms with Crippen molar-refractivity contribution in [2.45, 2.75) is 32.9 Å². The first-order valence-electron chi connectivity index (χ1n) is 5.30. The molecule has 0 fully saturated rings. The second-order valence-corrected chi connectivity index (χ2v) is 4.09. The maximum Gasteiger partial charge on any atom is 0.304 e. The lowest BCUT2D eigenvalue weighted by Crippen LogP contribution is -2.32. The number of aryl methyl sites for hydroxylation is 1. The molecule has 0 saturated heterocycles. The second kappa shape index (κ2) is 5.60. The molecular formula is C10H18N4O2. The monoisotopic (exact) mass is 226 g/mol. The molecule has 1 rings (SSSR count). The quantitative estimate of drug-likeness (QED) is 0.764. The Hall–Kier alpha value is -1.43. The highest BCUT2D eigenvalue weighted by atomic mass is 16.4. The van der Waals surface area contributed by atoms with Crippen LogP contribution in [0.15, 0.2) is 6.20 Å². The lowest BCUT2D eigenvalue weighted by molar-refractivity contribution is -0.137. The van der Waals surface area contributed by atoms with E-state index >= 15 is 0 Å². The molecule has 1 aromatic rings. The molecule has 0 aromatic carbocycles. The fourth-order valence-corrected chi connectivity index (χ4v) is 1.43. The summed E-state index contributed by atoms with van der Waals surface area (Å²) >= 11 is 0. The van der Waals surface area contributed by atoms with Crippen molar-refractivity contribution in [1.82, 2.24) is 19.9 Å². The number of carboxylic acid groups (broad SMARTS) is 1. The van der Waals surface area contributed by atoms with Crippen molar-refractivity contribution >= 4 is 5.97 Å². The molecule has 0 radical (unpaired) electrons. The van der Waals surface area contributed by atoms with Gasteiger partial charge in [0.05, 0.1) is 12.1 Å². The third-order valence-electron chi connectivity index (χ3n) is 2.36. The molecule has 0 spiro atoms. The molecule has 0 aliphatic heterocycles. The zero-order valence-corrected chi connectivity index (χ0v) is 9.92. The number of carboxylic acids is 1. The lowest BCUT2D eigenvalue weighted by Gasteiger charge is -2.24. The van der Waals surface area contributed by atoms with Crippen LogP contribution >= 0.6 is 0 Å². The van der Waals surface area contributed by atoms with E-state index in [-0.39, 0.29) is 6.42 Å². The molecule has 0 unspecified atom stereocenters. The van der Waals surface area contributed by atoms with Crippen molar-refractivity contribution < 1.29 is 9.90 Å². The molecule has 0 atom stereocenters. The largest absolute Gasteiger partial charge is 0.481 e. The Morgan fingerprint density at radius 1 is 1.62 bits per heavy atom. The minimum Gasteiger partial charge on any atom is -0.481 e. The van der Waals surface area contributed by atoms with Gasteiger partial charge in [0, 0.05) is 32.4 Å². The van der Waals surface area contributed by atoms with Crippen LogP contribution in [0.1, 0.15) is 26.0 Å². The van der Waals surface area contributed by atoms with Gasteiger partial charge < -0.3 is 5.11 Å². The molecule has 1 heterocycles. The summed E-state index contributed by atoms with van der Waals surface area (Å²) in [7, 11) is 1.81. The van der Waals surface area contributed by atoms with Crippen molar-refractivity contribution in [2.24, 2.45) is 7.05 Å². The number of aromatic nitrogens is 3. The Kier molecular flexibility index (Phi) is 4.42. The number of hydrogen-bond acceptors (Lipinski definition) is 4. The summed E-state index contributed by atoms with van der Waals surface area (Å²) in [5, 5.41) is 16.5. The number of carbonyl (C=O) groups is 1. The van der Waals surface area contributed by atoms with Crippen LogP contribution in [0.2, 0.25) is 0 Å². The van der Waals surface area contributed by atoms with Crippen molar-refractivity contribution in [3.63, 3.8) is 0 Å². The van der Waals surface area contributed by atoms with Crippen molar-refractivity contribution in [3.05, 3.63) is 11.9 Å². The predicted molar refractivity (Wildman–Crippen MR) is 58.8 cm³/mol. The van der Waals surface area contributed by atoms with Gasteiger partial charge in [-0.25, -0.2) is 0 Å². The van der Waals surface area contributed by atoms with Gasteiger partial charge in [0.1, 0.15) is 0 Å². The predicted octanol–water partition coefficient (Wildman–Crippen LogP) is 0.500. The van der Waals surface area contributed by atoms with Crippen molar-refractivity contribution in [2.75, 3.05) is 6.54 Å². The summed E-state index contributed by atoms with van der Waals surface area (Å²) < 4.78 is 1.64. The first kappa shape index (κ1) is 12.6. The third kappa shape index (κ3) is 3.98. The second-order valence-electron chi connectivity index (χ2n) is 4.09. The van der Waals surface area contributed by atoms with E-state index in [2.05, 4.69) is 15.2 Å². The first-order chi connectivity index (χ1) is 7.49. The average Bonchev–Trinajstić information content (AvgIpc) is 2.57. The summed E-state index contributed by atoms with van der Waals surface area (Å²) in [6.07, 6.45) is 1.99. The van der Waals surface area contributed by atoms with E-state index in [9.17, 15) is 4.79 Å². The van der Waals surface area contributed by atoms with E-state index in [1.807, 2.05) is 27.1 Å². The number of nitrogens with zero attached hydrogens (tertiary/aromatic N) is 4. The summed E-state index contributed by atoms with van der Waals surface area (Å²) in [6.45, 7) is 5.25. The van der Waals surface area contributed by atoms with Crippen LogP contribution in [0.4, 0.5) is 0 Å².